The summed E-state index contributed by atoms with van der Waals surface area (Å²) in [5, 5.41) is 6.95. The summed E-state index contributed by atoms with van der Waals surface area (Å²) in [4.78, 5) is 20.5. The molecule has 1 unspecified atom stereocenters. The highest BCUT2D eigenvalue weighted by Gasteiger charge is 2.13. The first-order valence-electron chi connectivity index (χ1n) is 8.77. The van der Waals surface area contributed by atoms with E-state index in [1.807, 2.05) is 19.1 Å². The molecule has 0 aliphatic carbocycles. The maximum Gasteiger partial charge on any atom is 0.227 e. The van der Waals surface area contributed by atoms with Gasteiger partial charge in [0.25, 0.3) is 0 Å². The maximum atomic E-state index is 12.2. The van der Waals surface area contributed by atoms with Crippen LogP contribution in [0.15, 0.2) is 53.3 Å². The molecule has 0 aliphatic heterocycles. The van der Waals surface area contributed by atoms with Crippen LogP contribution in [0.2, 0.25) is 0 Å². The molecular weight excluding hydrogens is 328 g/mol. The van der Waals surface area contributed by atoms with Crippen LogP contribution in [0.1, 0.15) is 43.3 Å². The van der Waals surface area contributed by atoms with Crippen molar-refractivity contribution < 1.29 is 9.32 Å². The highest BCUT2D eigenvalue weighted by molar-refractivity contribution is 5.76. The molecule has 0 fully saturated rings. The van der Waals surface area contributed by atoms with Gasteiger partial charge in [-0.05, 0) is 36.6 Å². The molecule has 3 rings (SSSR count). The molecule has 0 saturated heterocycles. The van der Waals surface area contributed by atoms with Crippen molar-refractivity contribution in [2.45, 2.75) is 39.2 Å². The SMILES string of the molecule is CCc1ccc(C(C)NC(=O)CCc2nc(-c3ccncc3)no2)cc1. The van der Waals surface area contributed by atoms with Crippen LogP contribution in [0, 0.1) is 0 Å². The normalized spacial score (nSPS) is 11.9. The van der Waals surface area contributed by atoms with E-state index in [0.717, 1.165) is 17.5 Å². The van der Waals surface area contributed by atoms with Gasteiger partial charge in [0.2, 0.25) is 17.6 Å². The number of carbonyl (C=O) groups excluding carboxylic acids is 1. The van der Waals surface area contributed by atoms with Gasteiger partial charge in [-0.1, -0.05) is 36.3 Å². The Morgan fingerprint density at radius 3 is 2.58 bits per heavy atom. The lowest BCUT2D eigenvalue weighted by Gasteiger charge is -2.14. The largest absolute Gasteiger partial charge is 0.350 e. The van der Waals surface area contributed by atoms with Crippen molar-refractivity contribution in [2.75, 3.05) is 0 Å². The van der Waals surface area contributed by atoms with E-state index in [2.05, 4.69) is 51.6 Å². The second kappa shape index (κ2) is 8.38. The van der Waals surface area contributed by atoms with E-state index in [-0.39, 0.29) is 11.9 Å². The minimum atomic E-state index is -0.0410. The number of benzene rings is 1. The van der Waals surface area contributed by atoms with Gasteiger partial charge in [-0.3, -0.25) is 9.78 Å². The Labute approximate surface area is 152 Å². The fraction of sp³-hybridized carbons (Fsp3) is 0.300. The lowest BCUT2D eigenvalue weighted by molar-refractivity contribution is -0.121. The molecule has 0 spiro atoms. The zero-order chi connectivity index (χ0) is 18.4. The van der Waals surface area contributed by atoms with Gasteiger partial charge >= 0.3 is 0 Å². The molecule has 26 heavy (non-hydrogen) atoms. The molecule has 6 heteroatoms. The Kier molecular flexibility index (Phi) is 5.73. The van der Waals surface area contributed by atoms with Gasteiger partial charge in [0.05, 0.1) is 6.04 Å². The Morgan fingerprint density at radius 2 is 1.88 bits per heavy atom. The predicted octanol–water partition coefficient (Wildman–Crippen LogP) is 3.50. The molecule has 3 aromatic rings. The zero-order valence-electron chi connectivity index (χ0n) is 15.0. The summed E-state index contributed by atoms with van der Waals surface area (Å²) in [5.74, 6) is 0.917. The lowest BCUT2D eigenvalue weighted by Crippen LogP contribution is -2.26. The van der Waals surface area contributed by atoms with Crippen LogP contribution in [0.4, 0.5) is 0 Å². The number of nitrogens with one attached hydrogen (secondary N) is 1. The van der Waals surface area contributed by atoms with Crippen molar-refractivity contribution in [2.24, 2.45) is 0 Å². The summed E-state index contributed by atoms with van der Waals surface area (Å²) in [5.41, 5.74) is 3.21. The van der Waals surface area contributed by atoms with E-state index in [1.54, 1.807) is 12.4 Å². The van der Waals surface area contributed by atoms with Crippen LogP contribution in [0.3, 0.4) is 0 Å². The van der Waals surface area contributed by atoms with E-state index in [1.165, 1.54) is 5.56 Å². The molecular formula is C20H22N4O2. The molecule has 0 saturated carbocycles. The molecule has 1 aromatic carbocycles. The Morgan fingerprint density at radius 1 is 1.15 bits per heavy atom. The third-order valence-electron chi connectivity index (χ3n) is 4.24. The molecule has 0 bridgehead atoms. The van der Waals surface area contributed by atoms with Crippen molar-refractivity contribution in [1.82, 2.24) is 20.4 Å². The number of rotatable bonds is 7. The average Bonchev–Trinajstić information content (AvgIpc) is 3.16. The van der Waals surface area contributed by atoms with Gasteiger partial charge in [-0.2, -0.15) is 4.98 Å². The van der Waals surface area contributed by atoms with E-state index in [9.17, 15) is 4.79 Å². The smallest absolute Gasteiger partial charge is 0.227 e. The van der Waals surface area contributed by atoms with Gasteiger partial charge in [-0.25, -0.2) is 0 Å². The summed E-state index contributed by atoms with van der Waals surface area (Å²) in [6.45, 7) is 4.10. The van der Waals surface area contributed by atoms with Gasteiger partial charge in [-0.15, -0.1) is 0 Å². The summed E-state index contributed by atoms with van der Waals surface area (Å²) < 4.78 is 5.22. The molecule has 134 valence electrons. The number of amides is 1. The number of hydrogen-bond acceptors (Lipinski definition) is 5. The number of carbonyl (C=O) groups is 1. The molecule has 2 aromatic heterocycles. The van der Waals surface area contributed by atoms with Gasteiger partial charge < -0.3 is 9.84 Å². The molecule has 0 aliphatic rings. The van der Waals surface area contributed by atoms with E-state index >= 15 is 0 Å². The zero-order valence-corrected chi connectivity index (χ0v) is 15.0. The molecule has 0 radical (unpaired) electrons. The highest BCUT2D eigenvalue weighted by Crippen LogP contribution is 2.16. The fourth-order valence-corrected chi connectivity index (χ4v) is 2.63. The summed E-state index contributed by atoms with van der Waals surface area (Å²) >= 11 is 0. The number of hydrogen-bond donors (Lipinski definition) is 1. The summed E-state index contributed by atoms with van der Waals surface area (Å²) in [6.07, 6.45) is 5.06. The Hall–Kier alpha value is -3.02. The fourth-order valence-electron chi connectivity index (χ4n) is 2.63. The van der Waals surface area contributed by atoms with Crippen molar-refractivity contribution in [3.8, 4) is 11.4 Å². The first-order valence-corrected chi connectivity index (χ1v) is 8.77. The molecule has 1 amide bonds. The standard InChI is InChI=1S/C20H22N4O2/c1-3-15-4-6-16(7-5-15)14(2)22-18(25)8-9-19-23-20(24-26-19)17-10-12-21-13-11-17/h4-7,10-14H,3,8-9H2,1-2H3,(H,22,25). The van der Waals surface area contributed by atoms with E-state index in [4.69, 9.17) is 4.52 Å². The molecule has 2 heterocycles. The molecule has 1 N–H and O–H groups in total. The second-order valence-corrected chi connectivity index (χ2v) is 6.13. The highest BCUT2D eigenvalue weighted by atomic mass is 16.5. The van der Waals surface area contributed by atoms with Gasteiger partial charge in [0, 0.05) is 30.8 Å². The van der Waals surface area contributed by atoms with Crippen molar-refractivity contribution in [3.05, 3.63) is 65.8 Å². The van der Waals surface area contributed by atoms with Crippen molar-refractivity contribution >= 4 is 5.91 Å². The lowest BCUT2D eigenvalue weighted by atomic mass is 10.0. The number of pyridine rings is 1. The predicted molar refractivity (Wildman–Crippen MR) is 98.2 cm³/mol. The topological polar surface area (TPSA) is 80.9 Å². The summed E-state index contributed by atoms with van der Waals surface area (Å²) in [6, 6.07) is 11.9. The monoisotopic (exact) mass is 350 g/mol. The first kappa shape index (κ1) is 17.8. The van der Waals surface area contributed by atoms with Crippen LogP contribution in [-0.4, -0.2) is 21.0 Å². The van der Waals surface area contributed by atoms with Crippen LogP contribution in [0.5, 0.6) is 0 Å². The molecule has 1 atom stereocenters. The van der Waals surface area contributed by atoms with Gasteiger partial charge in [0.15, 0.2) is 0 Å². The quantitative estimate of drug-likeness (QED) is 0.705. The maximum absolute atomic E-state index is 12.2. The number of nitrogens with zero attached hydrogens (tertiary/aromatic N) is 3. The van der Waals surface area contributed by atoms with Crippen LogP contribution >= 0.6 is 0 Å². The second-order valence-electron chi connectivity index (χ2n) is 6.13. The van der Waals surface area contributed by atoms with Crippen molar-refractivity contribution in [1.29, 1.82) is 0 Å². The number of aryl methyl sites for hydroxylation is 2. The van der Waals surface area contributed by atoms with Crippen LogP contribution < -0.4 is 5.32 Å². The Balaban J connectivity index is 1.51. The van der Waals surface area contributed by atoms with E-state index in [0.29, 0.717) is 24.6 Å². The third-order valence-corrected chi connectivity index (χ3v) is 4.24. The van der Waals surface area contributed by atoms with Crippen molar-refractivity contribution in [3.63, 3.8) is 0 Å². The number of aromatic nitrogens is 3. The first-order chi connectivity index (χ1) is 12.7. The van der Waals surface area contributed by atoms with Crippen LogP contribution in [0.25, 0.3) is 11.4 Å². The molecule has 6 nitrogen and oxygen atoms in total. The summed E-state index contributed by atoms with van der Waals surface area (Å²) in [7, 11) is 0. The van der Waals surface area contributed by atoms with E-state index < -0.39 is 0 Å². The minimum Gasteiger partial charge on any atom is -0.350 e. The minimum absolute atomic E-state index is 0.0385. The van der Waals surface area contributed by atoms with Gasteiger partial charge in [0.1, 0.15) is 0 Å². The average molecular weight is 350 g/mol. The van der Waals surface area contributed by atoms with Crippen LogP contribution in [-0.2, 0) is 17.6 Å². The Bertz CT molecular complexity index is 844. The third kappa shape index (κ3) is 4.53.